The van der Waals surface area contributed by atoms with E-state index in [1.54, 1.807) is 6.07 Å². The van der Waals surface area contributed by atoms with Crippen molar-refractivity contribution in [2.45, 2.75) is 26.3 Å². The molecule has 0 bridgehead atoms. The largest absolute Gasteiger partial charge is 0.508 e. The normalized spacial score (nSPS) is 15.7. The smallest absolute Gasteiger partial charge is 0.318 e. The molecule has 5 rings (SSSR count). The van der Waals surface area contributed by atoms with Gasteiger partial charge >= 0.3 is 6.01 Å². The molecular formula is C27H31N5O3. The molecule has 2 aliphatic rings. The molecule has 182 valence electrons. The number of amides is 1. The summed E-state index contributed by atoms with van der Waals surface area (Å²) in [6.45, 7) is 10.3. The lowest BCUT2D eigenvalue weighted by Gasteiger charge is -2.38. The summed E-state index contributed by atoms with van der Waals surface area (Å²) >= 11 is 0. The van der Waals surface area contributed by atoms with Gasteiger partial charge in [-0.3, -0.25) is 4.79 Å². The summed E-state index contributed by atoms with van der Waals surface area (Å²) < 4.78 is 5.87. The first-order valence-electron chi connectivity index (χ1n) is 12.2. The highest BCUT2D eigenvalue weighted by Crippen LogP contribution is 2.36. The summed E-state index contributed by atoms with van der Waals surface area (Å²) in [4.78, 5) is 28.0. The van der Waals surface area contributed by atoms with Crippen LogP contribution in [0.3, 0.4) is 0 Å². The average Bonchev–Trinajstić information content (AvgIpc) is 2.90. The van der Waals surface area contributed by atoms with Crippen LogP contribution < -0.4 is 14.5 Å². The number of piperazine rings is 1. The minimum atomic E-state index is -0.0321. The molecule has 0 atom stereocenters. The van der Waals surface area contributed by atoms with E-state index in [4.69, 9.17) is 14.7 Å². The fourth-order valence-corrected chi connectivity index (χ4v) is 4.92. The van der Waals surface area contributed by atoms with Gasteiger partial charge in [-0.05, 0) is 30.4 Å². The molecule has 2 aromatic carbocycles. The third-order valence-corrected chi connectivity index (χ3v) is 6.69. The van der Waals surface area contributed by atoms with Gasteiger partial charge in [0.25, 0.3) is 0 Å². The number of phenols is 1. The van der Waals surface area contributed by atoms with Gasteiger partial charge in [-0.15, -0.1) is 0 Å². The van der Waals surface area contributed by atoms with Crippen molar-refractivity contribution in [1.29, 1.82) is 0 Å². The zero-order chi connectivity index (χ0) is 24.4. The molecule has 0 saturated carbocycles. The van der Waals surface area contributed by atoms with Crippen LogP contribution in [-0.2, 0) is 17.8 Å². The van der Waals surface area contributed by atoms with Crippen LogP contribution in [0.15, 0.2) is 49.1 Å². The fraction of sp³-hybridized carbons (Fsp3) is 0.370. The van der Waals surface area contributed by atoms with E-state index in [-0.39, 0.29) is 11.7 Å². The molecule has 0 radical (unpaired) electrons. The van der Waals surface area contributed by atoms with E-state index in [0.29, 0.717) is 45.3 Å². The minimum absolute atomic E-state index is 0.0321. The Balaban J connectivity index is 1.47. The summed E-state index contributed by atoms with van der Waals surface area (Å²) in [7, 11) is 0. The second-order valence-corrected chi connectivity index (χ2v) is 8.98. The van der Waals surface area contributed by atoms with Gasteiger partial charge in [-0.25, -0.2) is 0 Å². The summed E-state index contributed by atoms with van der Waals surface area (Å²) in [5.41, 5.74) is 3.08. The molecular weight excluding hydrogens is 442 g/mol. The first-order valence-corrected chi connectivity index (χ1v) is 12.2. The molecule has 1 N–H and O–H groups in total. The summed E-state index contributed by atoms with van der Waals surface area (Å²) in [5.74, 6) is 1.13. The van der Waals surface area contributed by atoms with Crippen molar-refractivity contribution in [1.82, 2.24) is 14.9 Å². The highest BCUT2D eigenvalue weighted by atomic mass is 16.5. The predicted molar refractivity (Wildman–Crippen MR) is 137 cm³/mol. The topological polar surface area (TPSA) is 82.0 Å². The molecule has 8 heteroatoms. The monoisotopic (exact) mass is 473 g/mol. The van der Waals surface area contributed by atoms with Crippen LogP contribution in [-0.4, -0.2) is 65.2 Å². The lowest BCUT2D eigenvalue weighted by atomic mass is 10.0. The lowest BCUT2D eigenvalue weighted by Crippen LogP contribution is -2.49. The van der Waals surface area contributed by atoms with Crippen LogP contribution in [0.2, 0.25) is 0 Å². The van der Waals surface area contributed by atoms with E-state index >= 15 is 0 Å². The zero-order valence-electron chi connectivity index (χ0n) is 20.1. The lowest BCUT2D eigenvalue weighted by molar-refractivity contribution is -0.126. The van der Waals surface area contributed by atoms with Gasteiger partial charge in [0.15, 0.2) is 0 Å². The van der Waals surface area contributed by atoms with Gasteiger partial charge in [0, 0.05) is 55.4 Å². The van der Waals surface area contributed by atoms with Gasteiger partial charge < -0.3 is 24.5 Å². The van der Waals surface area contributed by atoms with E-state index in [2.05, 4.69) is 29.4 Å². The molecule has 0 aliphatic carbocycles. The summed E-state index contributed by atoms with van der Waals surface area (Å²) in [6.07, 6.45) is 3.03. The Kier molecular flexibility index (Phi) is 6.44. The molecule has 1 aromatic heterocycles. The number of anilines is 2. The fourth-order valence-electron chi connectivity index (χ4n) is 4.92. The van der Waals surface area contributed by atoms with Gasteiger partial charge in [-0.1, -0.05) is 37.8 Å². The van der Waals surface area contributed by atoms with Crippen LogP contribution in [0.25, 0.3) is 10.8 Å². The molecule has 0 spiro atoms. The Labute approximate surface area is 205 Å². The second-order valence-electron chi connectivity index (χ2n) is 8.98. The maximum absolute atomic E-state index is 12.0. The van der Waals surface area contributed by atoms with Gasteiger partial charge in [0.2, 0.25) is 5.91 Å². The average molecular weight is 474 g/mol. The van der Waals surface area contributed by atoms with Crippen molar-refractivity contribution < 1.29 is 14.6 Å². The van der Waals surface area contributed by atoms with Crippen LogP contribution in [0.4, 0.5) is 11.5 Å². The number of benzene rings is 2. The Bertz CT molecular complexity index is 1250. The third kappa shape index (κ3) is 4.60. The number of phenolic OH excluding ortho intramolecular Hbond substituents is 1. The van der Waals surface area contributed by atoms with E-state index < -0.39 is 0 Å². The number of ether oxygens (including phenoxy) is 1. The number of aromatic nitrogens is 2. The van der Waals surface area contributed by atoms with Crippen LogP contribution >= 0.6 is 0 Å². The molecule has 0 unspecified atom stereocenters. The second kappa shape index (κ2) is 9.82. The maximum atomic E-state index is 12.0. The van der Waals surface area contributed by atoms with Crippen molar-refractivity contribution in [2.24, 2.45) is 0 Å². The zero-order valence-corrected chi connectivity index (χ0v) is 20.1. The standard InChI is InChI=1S/C27H31N5O3/c1-3-15-35-27-28-23-18-32(24-17-20(33)16-19-7-5-6-8-21(19)24)10-9-22(23)26(29-27)31-13-11-30(12-14-31)25(34)4-2/h4-8,16-17,33H,2-3,9-15,18H2,1H3. The molecule has 3 aromatic rings. The predicted octanol–water partition coefficient (Wildman–Crippen LogP) is 3.52. The van der Waals surface area contributed by atoms with E-state index in [9.17, 15) is 9.90 Å². The van der Waals surface area contributed by atoms with E-state index in [1.165, 1.54) is 6.08 Å². The highest BCUT2D eigenvalue weighted by Gasteiger charge is 2.29. The summed E-state index contributed by atoms with van der Waals surface area (Å²) in [5, 5.41) is 12.5. The van der Waals surface area contributed by atoms with Gasteiger partial charge in [0.05, 0.1) is 18.8 Å². The molecule has 1 amide bonds. The highest BCUT2D eigenvalue weighted by molar-refractivity contribution is 5.95. The van der Waals surface area contributed by atoms with Crippen molar-refractivity contribution >= 4 is 28.2 Å². The third-order valence-electron chi connectivity index (χ3n) is 6.69. The molecule has 1 saturated heterocycles. The molecule has 2 aliphatic heterocycles. The van der Waals surface area contributed by atoms with Gasteiger partial charge in [-0.2, -0.15) is 9.97 Å². The van der Waals surface area contributed by atoms with Crippen LogP contribution in [0.5, 0.6) is 11.8 Å². The number of carbonyl (C=O) groups is 1. The maximum Gasteiger partial charge on any atom is 0.318 e. The van der Waals surface area contributed by atoms with Crippen molar-refractivity contribution in [2.75, 3.05) is 49.1 Å². The van der Waals surface area contributed by atoms with Gasteiger partial charge in [0.1, 0.15) is 11.6 Å². The number of fused-ring (bicyclic) bond motifs is 2. The van der Waals surface area contributed by atoms with Crippen LogP contribution in [0, 0.1) is 0 Å². The van der Waals surface area contributed by atoms with E-state index in [1.807, 2.05) is 29.2 Å². The number of aromatic hydroxyl groups is 1. The number of hydrogen-bond acceptors (Lipinski definition) is 7. The van der Waals surface area contributed by atoms with Crippen molar-refractivity contribution in [3.05, 3.63) is 60.3 Å². The molecule has 8 nitrogen and oxygen atoms in total. The number of nitrogens with zero attached hydrogens (tertiary/aromatic N) is 5. The first kappa shape index (κ1) is 23.0. The molecule has 1 fully saturated rings. The number of hydrogen-bond donors (Lipinski definition) is 1. The Hall–Kier alpha value is -3.81. The van der Waals surface area contributed by atoms with Crippen molar-refractivity contribution in [3.63, 3.8) is 0 Å². The first-order chi connectivity index (χ1) is 17.1. The Morgan fingerprint density at radius 3 is 2.69 bits per heavy atom. The molecule has 3 heterocycles. The van der Waals surface area contributed by atoms with E-state index in [0.717, 1.165) is 52.9 Å². The van der Waals surface area contributed by atoms with Crippen LogP contribution in [0.1, 0.15) is 24.6 Å². The Morgan fingerprint density at radius 1 is 1.11 bits per heavy atom. The molecule has 35 heavy (non-hydrogen) atoms. The minimum Gasteiger partial charge on any atom is -0.508 e. The Morgan fingerprint density at radius 2 is 1.91 bits per heavy atom. The quantitative estimate of drug-likeness (QED) is 0.549. The SMILES string of the molecule is C=CC(=O)N1CCN(c2nc(OCCC)nc3c2CCN(c2cc(O)cc4ccccc24)C3)CC1. The number of rotatable bonds is 6. The summed E-state index contributed by atoms with van der Waals surface area (Å²) in [6, 6.07) is 12.1. The van der Waals surface area contributed by atoms with Crippen molar-refractivity contribution in [3.8, 4) is 11.8 Å². The number of carbonyl (C=O) groups excluding carboxylic acids is 1.